The Morgan fingerprint density at radius 1 is 0.846 bits per heavy atom. The SMILES string of the molecule is COc1cc(Nc2cccc(-c3ccccc3)c2)ccc1-c1cnco1. The molecule has 4 aromatic rings. The fourth-order valence-electron chi connectivity index (χ4n) is 2.90. The van der Waals surface area contributed by atoms with Crippen LogP contribution in [0.4, 0.5) is 11.4 Å². The number of methoxy groups -OCH3 is 1. The van der Waals surface area contributed by atoms with Crippen LogP contribution >= 0.6 is 0 Å². The van der Waals surface area contributed by atoms with E-state index in [0.717, 1.165) is 22.7 Å². The van der Waals surface area contributed by atoms with Crippen molar-refractivity contribution in [3.05, 3.63) is 85.4 Å². The lowest BCUT2D eigenvalue weighted by molar-refractivity contribution is 0.415. The van der Waals surface area contributed by atoms with Crippen LogP contribution in [0, 0.1) is 0 Å². The zero-order valence-corrected chi connectivity index (χ0v) is 14.3. The van der Waals surface area contributed by atoms with Gasteiger partial charge in [0.25, 0.3) is 0 Å². The van der Waals surface area contributed by atoms with Crippen molar-refractivity contribution < 1.29 is 9.15 Å². The molecular weight excluding hydrogens is 324 g/mol. The monoisotopic (exact) mass is 342 g/mol. The number of ether oxygens (including phenoxy) is 1. The van der Waals surface area contributed by atoms with Crippen molar-refractivity contribution in [2.75, 3.05) is 12.4 Å². The maximum absolute atomic E-state index is 5.51. The highest BCUT2D eigenvalue weighted by atomic mass is 16.5. The van der Waals surface area contributed by atoms with Gasteiger partial charge in [0.05, 0.1) is 18.9 Å². The molecule has 0 aliphatic rings. The van der Waals surface area contributed by atoms with E-state index >= 15 is 0 Å². The van der Waals surface area contributed by atoms with E-state index in [2.05, 4.69) is 34.6 Å². The summed E-state index contributed by atoms with van der Waals surface area (Å²) < 4.78 is 10.9. The first-order chi connectivity index (χ1) is 12.8. The van der Waals surface area contributed by atoms with Crippen molar-refractivity contribution >= 4 is 11.4 Å². The number of oxazole rings is 1. The Kier molecular flexibility index (Phi) is 4.39. The zero-order valence-electron chi connectivity index (χ0n) is 14.3. The minimum Gasteiger partial charge on any atom is -0.496 e. The fraction of sp³-hybridized carbons (Fsp3) is 0.0455. The molecule has 4 rings (SSSR count). The third-order valence-electron chi connectivity index (χ3n) is 4.16. The Labute approximate surface area is 152 Å². The summed E-state index contributed by atoms with van der Waals surface area (Å²) in [7, 11) is 1.65. The Balaban J connectivity index is 1.62. The maximum Gasteiger partial charge on any atom is 0.181 e. The average Bonchev–Trinajstić information content (AvgIpc) is 3.23. The highest BCUT2D eigenvalue weighted by Gasteiger charge is 2.10. The minimum absolute atomic E-state index is 0.680. The van der Waals surface area contributed by atoms with Crippen molar-refractivity contribution in [1.82, 2.24) is 4.98 Å². The molecule has 3 aromatic carbocycles. The van der Waals surface area contributed by atoms with Crippen molar-refractivity contribution in [2.45, 2.75) is 0 Å². The fourth-order valence-corrected chi connectivity index (χ4v) is 2.90. The van der Waals surface area contributed by atoms with Gasteiger partial charge in [-0.15, -0.1) is 0 Å². The normalized spacial score (nSPS) is 10.5. The first-order valence-corrected chi connectivity index (χ1v) is 8.33. The Morgan fingerprint density at radius 2 is 1.65 bits per heavy atom. The molecule has 0 amide bonds. The molecule has 128 valence electrons. The first kappa shape index (κ1) is 16.0. The summed E-state index contributed by atoms with van der Waals surface area (Å²) in [6.45, 7) is 0. The maximum atomic E-state index is 5.51. The van der Waals surface area contributed by atoms with Crippen molar-refractivity contribution in [1.29, 1.82) is 0 Å². The third-order valence-corrected chi connectivity index (χ3v) is 4.16. The number of hydrogen-bond acceptors (Lipinski definition) is 4. The van der Waals surface area contributed by atoms with E-state index in [1.54, 1.807) is 13.3 Å². The minimum atomic E-state index is 0.680. The number of nitrogens with one attached hydrogen (secondary N) is 1. The Hall–Kier alpha value is -3.53. The molecule has 0 aliphatic heterocycles. The van der Waals surface area contributed by atoms with Gasteiger partial charge in [-0.25, -0.2) is 4.98 Å². The van der Waals surface area contributed by atoms with Crippen molar-refractivity contribution in [3.63, 3.8) is 0 Å². The molecule has 0 saturated carbocycles. The van der Waals surface area contributed by atoms with Gasteiger partial charge in [-0.2, -0.15) is 0 Å². The highest BCUT2D eigenvalue weighted by molar-refractivity contribution is 5.74. The van der Waals surface area contributed by atoms with E-state index < -0.39 is 0 Å². The van der Waals surface area contributed by atoms with Gasteiger partial charge in [0.15, 0.2) is 12.2 Å². The van der Waals surface area contributed by atoms with Crippen LogP contribution in [0.3, 0.4) is 0 Å². The van der Waals surface area contributed by atoms with Crippen LogP contribution in [0.1, 0.15) is 0 Å². The van der Waals surface area contributed by atoms with Crippen LogP contribution in [0.5, 0.6) is 5.75 Å². The third kappa shape index (κ3) is 3.30. The predicted molar refractivity (Wildman–Crippen MR) is 104 cm³/mol. The number of aromatic nitrogens is 1. The van der Waals surface area contributed by atoms with Gasteiger partial charge in [0.2, 0.25) is 0 Å². The lowest BCUT2D eigenvalue weighted by Crippen LogP contribution is -1.93. The largest absolute Gasteiger partial charge is 0.496 e. The second kappa shape index (κ2) is 7.15. The van der Waals surface area contributed by atoms with E-state index in [0.29, 0.717) is 5.76 Å². The molecule has 0 saturated heterocycles. The topological polar surface area (TPSA) is 47.3 Å². The van der Waals surface area contributed by atoms with E-state index in [-0.39, 0.29) is 0 Å². The quantitative estimate of drug-likeness (QED) is 0.501. The van der Waals surface area contributed by atoms with E-state index in [4.69, 9.17) is 9.15 Å². The highest BCUT2D eigenvalue weighted by Crippen LogP contribution is 2.33. The van der Waals surface area contributed by atoms with Crippen LogP contribution in [0.15, 0.2) is 89.8 Å². The molecule has 0 atom stereocenters. The average molecular weight is 342 g/mol. The predicted octanol–water partition coefficient (Wildman–Crippen LogP) is 5.76. The van der Waals surface area contributed by atoms with Gasteiger partial charge in [0.1, 0.15) is 5.75 Å². The van der Waals surface area contributed by atoms with Crippen molar-refractivity contribution in [3.8, 4) is 28.2 Å². The molecule has 0 fully saturated rings. The number of benzene rings is 3. The molecule has 0 unspecified atom stereocenters. The number of anilines is 2. The van der Waals surface area contributed by atoms with Crippen LogP contribution in [-0.4, -0.2) is 12.1 Å². The van der Waals surface area contributed by atoms with Gasteiger partial charge in [-0.05, 0) is 35.4 Å². The van der Waals surface area contributed by atoms with E-state index in [1.807, 2.05) is 48.5 Å². The van der Waals surface area contributed by atoms with Crippen LogP contribution in [0.25, 0.3) is 22.5 Å². The lowest BCUT2D eigenvalue weighted by Gasteiger charge is -2.12. The van der Waals surface area contributed by atoms with E-state index in [9.17, 15) is 0 Å². The molecular formula is C22H18N2O2. The second-order valence-corrected chi connectivity index (χ2v) is 5.85. The zero-order chi connectivity index (χ0) is 17.8. The molecule has 4 nitrogen and oxygen atoms in total. The molecule has 0 radical (unpaired) electrons. The van der Waals surface area contributed by atoms with Crippen LogP contribution in [-0.2, 0) is 0 Å². The molecule has 26 heavy (non-hydrogen) atoms. The summed E-state index contributed by atoms with van der Waals surface area (Å²) in [4.78, 5) is 3.96. The number of rotatable bonds is 5. The first-order valence-electron chi connectivity index (χ1n) is 8.33. The standard InChI is InChI=1S/C22H18N2O2/c1-25-21-13-19(10-11-20(21)22-14-23-15-26-22)24-18-9-5-8-17(12-18)16-6-3-2-4-7-16/h2-15,24H,1H3. The summed E-state index contributed by atoms with van der Waals surface area (Å²) in [5.74, 6) is 1.41. The Morgan fingerprint density at radius 3 is 2.42 bits per heavy atom. The second-order valence-electron chi connectivity index (χ2n) is 5.85. The van der Waals surface area contributed by atoms with E-state index in [1.165, 1.54) is 17.5 Å². The molecule has 1 N–H and O–H groups in total. The summed E-state index contributed by atoms with van der Waals surface area (Å²) in [6.07, 6.45) is 3.09. The molecule has 1 aromatic heterocycles. The number of nitrogens with zero attached hydrogens (tertiary/aromatic N) is 1. The Bertz CT molecular complexity index is 996. The molecule has 1 heterocycles. The summed E-state index contributed by atoms with van der Waals surface area (Å²) in [5.41, 5.74) is 5.18. The summed E-state index contributed by atoms with van der Waals surface area (Å²) in [6, 6.07) is 24.6. The molecule has 0 aliphatic carbocycles. The van der Waals surface area contributed by atoms with Gasteiger partial charge >= 0.3 is 0 Å². The van der Waals surface area contributed by atoms with Gasteiger partial charge in [-0.3, -0.25) is 0 Å². The molecule has 0 bridgehead atoms. The van der Waals surface area contributed by atoms with Crippen molar-refractivity contribution in [2.24, 2.45) is 0 Å². The lowest BCUT2D eigenvalue weighted by atomic mass is 10.1. The van der Waals surface area contributed by atoms with Gasteiger partial charge in [0, 0.05) is 17.4 Å². The van der Waals surface area contributed by atoms with Gasteiger partial charge in [-0.1, -0.05) is 42.5 Å². The van der Waals surface area contributed by atoms with Crippen LogP contribution < -0.4 is 10.1 Å². The van der Waals surface area contributed by atoms with Gasteiger partial charge < -0.3 is 14.5 Å². The smallest absolute Gasteiger partial charge is 0.181 e. The summed E-state index contributed by atoms with van der Waals surface area (Å²) >= 11 is 0. The summed E-state index contributed by atoms with van der Waals surface area (Å²) in [5, 5.41) is 3.44. The van der Waals surface area contributed by atoms with Crippen LogP contribution in [0.2, 0.25) is 0 Å². The number of hydrogen-bond donors (Lipinski definition) is 1. The molecule has 4 heteroatoms. The molecule has 0 spiro atoms.